The summed E-state index contributed by atoms with van der Waals surface area (Å²) in [6, 6.07) is 5.52. The van der Waals surface area contributed by atoms with E-state index in [4.69, 9.17) is 5.26 Å². The zero-order chi connectivity index (χ0) is 17.9. The van der Waals surface area contributed by atoms with Crippen molar-refractivity contribution in [3.63, 3.8) is 0 Å². The lowest BCUT2D eigenvalue weighted by atomic mass is 9.97. The molecule has 1 saturated heterocycles. The molecule has 0 saturated carbocycles. The second kappa shape index (κ2) is 7.47. The van der Waals surface area contributed by atoms with Crippen LogP contribution in [0.25, 0.3) is 0 Å². The molecule has 9 heteroatoms. The Morgan fingerprint density at radius 1 is 1.32 bits per heavy atom. The van der Waals surface area contributed by atoms with E-state index in [1.54, 1.807) is 12.3 Å². The lowest BCUT2D eigenvalue weighted by molar-refractivity contribution is 0.400. The Labute approximate surface area is 151 Å². The first-order chi connectivity index (χ1) is 12.0. The van der Waals surface area contributed by atoms with Gasteiger partial charge in [-0.05, 0) is 37.8 Å². The molecule has 0 bridgehead atoms. The van der Waals surface area contributed by atoms with Gasteiger partial charge in [0, 0.05) is 36.9 Å². The van der Waals surface area contributed by atoms with Crippen LogP contribution in [0, 0.1) is 24.2 Å². The first-order valence-electron chi connectivity index (χ1n) is 8.02. The minimum atomic E-state index is -3.43. The Hall–Kier alpha value is -2.02. The number of nitrogens with zero attached hydrogens (tertiary/aromatic N) is 4. The van der Waals surface area contributed by atoms with Gasteiger partial charge in [0.25, 0.3) is 0 Å². The predicted molar refractivity (Wildman–Crippen MR) is 95.9 cm³/mol. The Morgan fingerprint density at radius 3 is 2.68 bits per heavy atom. The number of hydrogen-bond acceptors (Lipinski definition) is 7. The van der Waals surface area contributed by atoms with Crippen molar-refractivity contribution in [2.75, 3.05) is 24.5 Å². The number of piperidine rings is 1. The SMILES string of the molecule is Cc1ccc(S(=O)(=O)NCC2CCN(c3nccnc3C#N)CC2)s1. The molecule has 2 aromatic rings. The Morgan fingerprint density at radius 2 is 2.04 bits per heavy atom. The van der Waals surface area contributed by atoms with Crippen molar-refractivity contribution in [1.82, 2.24) is 14.7 Å². The van der Waals surface area contributed by atoms with Crippen molar-refractivity contribution in [3.05, 3.63) is 35.1 Å². The van der Waals surface area contributed by atoms with Crippen molar-refractivity contribution < 1.29 is 8.42 Å². The fourth-order valence-electron chi connectivity index (χ4n) is 2.85. The van der Waals surface area contributed by atoms with Gasteiger partial charge in [0.15, 0.2) is 11.5 Å². The normalized spacial score (nSPS) is 15.9. The largest absolute Gasteiger partial charge is 0.354 e. The van der Waals surface area contributed by atoms with E-state index in [0.717, 1.165) is 30.8 Å². The standard InChI is InChI=1S/C16H19N5O2S2/c1-12-2-3-15(24-12)25(22,23)20-11-13-4-8-21(9-5-13)16-14(10-17)18-6-7-19-16/h2-3,6-7,13,20H,4-5,8-9,11H2,1H3. The Balaban J connectivity index is 1.56. The van der Waals surface area contributed by atoms with Gasteiger partial charge < -0.3 is 4.90 Å². The molecular formula is C16H19N5O2S2. The van der Waals surface area contributed by atoms with Crippen LogP contribution >= 0.6 is 11.3 Å². The van der Waals surface area contributed by atoms with Gasteiger partial charge in [-0.25, -0.2) is 23.1 Å². The highest BCUT2D eigenvalue weighted by atomic mass is 32.2. The zero-order valence-electron chi connectivity index (χ0n) is 13.8. The maximum atomic E-state index is 12.3. The third-order valence-electron chi connectivity index (χ3n) is 4.24. The van der Waals surface area contributed by atoms with Crippen molar-refractivity contribution in [1.29, 1.82) is 5.26 Å². The van der Waals surface area contributed by atoms with Crippen LogP contribution in [0.3, 0.4) is 0 Å². The molecule has 0 aromatic carbocycles. The van der Waals surface area contributed by atoms with Crippen molar-refractivity contribution in [2.45, 2.75) is 24.0 Å². The van der Waals surface area contributed by atoms with Gasteiger partial charge >= 0.3 is 0 Å². The summed E-state index contributed by atoms with van der Waals surface area (Å²) in [4.78, 5) is 11.3. The average molecular weight is 377 g/mol. The number of aromatic nitrogens is 2. The van der Waals surface area contributed by atoms with Gasteiger partial charge in [-0.3, -0.25) is 0 Å². The molecule has 1 N–H and O–H groups in total. The van der Waals surface area contributed by atoms with E-state index in [1.807, 2.05) is 17.9 Å². The number of sulfonamides is 1. The highest BCUT2D eigenvalue weighted by Crippen LogP contribution is 2.24. The number of thiophene rings is 1. The minimum absolute atomic E-state index is 0.272. The molecule has 7 nitrogen and oxygen atoms in total. The van der Waals surface area contributed by atoms with E-state index < -0.39 is 10.0 Å². The second-order valence-corrected chi connectivity index (χ2v) is 9.27. The number of rotatable bonds is 5. The van der Waals surface area contributed by atoms with Gasteiger partial charge in [0.2, 0.25) is 10.0 Å². The molecule has 2 aromatic heterocycles. The molecule has 0 unspecified atom stereocenters. The molecule has 0 aliphatic carbocycles. The molecular weight excluding hydrogens is 358 g/mol. The van der Waals surface area contributed by atoms with E-state index >= 15 is 0 Å². The van der Waals surface area contributed by atoms with Crippen LogP contribution in [0.4, 0.5) is 5.82 Å². The lowest BCUT2D eigenvalue weighted by Crippen LogP contribution is -2.39. The molecule has 3 rings (SSSR count). The van der Waals surface area contributed by atoms with Crippen molar-refractivity contribution in [3.8, 4) is 6.07 Å². The molecule has 0 atom stereocenters. The maximum absolute atomic E-state index is 12.3. The van der Waals surface area contributed by atoms with Crippen LogP contribution in [-0.2, 0) is 10.0 Å². The minimum Gasteiger partial charge on any atom is -0.354 e. The van der Waals surface area contributed by atoms with Crippen LogP contribution in [0.15, 0.2) is 28.7 Å². The number of aryl methyl sites for hydroxylation is 1. The third kappa shape index (κ3) is 4.15. The van der Waals surface area contributed by atoms with Crippen LogP contribution < -0.4 is 9.62 Å². The summed E-state index contributed by atoms with van der Waals surface area (Å²) in [6.45, 7) is 3.79. The molecule has 1 aliphatic rings. The van der Waals surface area contributed by atoms with Crippen LogP contribution in [0.2, 0.25) is 0 Å². The molecule has 3 heterocycles. The fourth-order valence-corrected chi connectivity index (χ4v) is 5.29. The summed E-state index contributed by atoms with van der Waals surface area (Å²) in [5, 5.41) is 9.13. The fraction of sp³-hybridized carbons (Fsp3) is 0.438. The highest BCUT2D eigenvalue weighted by molar-refractivity contribution is 7.91. The third-order valence-corrected chi connectivity index (χ3v) is 7.16. The summed E-state index contributed by atoms with van der Waals surface area (Å²) >= 11 is 1.28. The molecule has 132 valence electrons. The zero-order valence-corrected chi connectivity index (χ0v) is 15.5. The average Bonchev–Trinajstić information content (AvgIpc) is 3.08. The molecule has 1 aliphatic heterocycles. The second-order valence-electron chi connectivity index (χ2n) is 5.99. The summed E-state index contributed by atoms with van der Waals surface area (Å²) < 4.78 is 27.7. The monoisotopic (exact) mass is 377 g/mol. The number of nitrogens with one attached hydrogen (secondary N) is 1. The van der Waals surface area contributed by atoms with Crippen LogP contribution in [0.5, 0.6) is 0 Å². The Bertz CT molecular complexity index is 880. The van der Waals surface area contributed by atoms with Crippen LogP contribution in [0.1, 0.15) is 23.4 Å². The molecule has 0 radical (unpaired) electrons. The van der Waals surface area contributed by atoms with Gasteiger partial charge in [-0.2, -0.15) is 5.26 Å². The number of anilines is 1. The first-order valence-corrected chi connectivity index (χ1v) is 10.3. The topological polar surface area (TPSA) is 99.0 Å². The first kappa shape index (κ1) is 17.8. The quantitative estimate of drug-likeness (QED) is 0.854. The summed E-state index contributed by atoms with van der Waals surface area (Å²) in [5.41, 5.74) is 0.328. The van der Waals surface area contributed by atoms with E-state index in [9.17, 15) is 8.42 Å². The van der Waals surface area contributed by atoms with Gasteiger partial charge in [-0.1, -0.05) is 0 Å². The van der Waals surface area contributed by atoms with Crippen LogP contribution in [-0.4, -0.2) is 38.0 Å². The van der Waals surface area contributed by atoms with Gasteiger partial charge in [0.1, 0.15) is 10.3 Å². The molecule has 0 amide bonds. The van der Waals surface area contributed by atoms with Gasteiger partial charge in [0.05, 0.1) is 0 Å². The predicted octanol–water partition coefficient (Wildman–Crippen LogP) is 1.91. The van der Waals surface area contributed by atoms with Crippen molar-refractivity contribution in [2.24, 2.45) is 5.92 Å². The molecule has 25 heavy (non-hydrogen) atoms. The highest BCUT2D eigenvalue weighted by Gasteiger charge is 2.24. The number of hydrogen-bond donors (Lipinski definition) is 1. The Kier molecular flexibility index (Phi) is 5.32. The smallest absolute Gasteiger partial charge is 0.250 e. The summed E-state index contributed by atoms with van der Waals surface area (Å²) in [5.74, 6) is 0.882. The van der Waals surface area contributed by atoms with Crippen molar-refractivity contribution >= 4 is 27.2 Å². The van der Waals surface area contributed by atoms with E-state index in [-0.39, 0.29) is 5.92 Å². The lowest BCUT2D eigenvalue weighted by Gasteiger charge is -2.32. The summed E-state index contributed by atoms with van der Waals surface area (Å²) in [6.07, 6.45) is 4.77. The van der Waals surface area contributed by atoms with E-state index in [1.165, 1.54) is 17.5 Å². The number of nitriles is 1. The molecule has 1 fully saturated rings. The van der Waals surface area contributed by atoms with E-state index in [2.05, 4.69) is 20.8 Å². The van der Waals surface area contributed by atoms with E-state index in [0.29, 0.717) is 22.3 Å². The molecule has 0 spiro atoms. The van der Waals surface area contributed by atoms with Gasteiger partial charge in [-0.15, -0.1) is 11.3 Å². The maximum Gasteiger partial charge on any atom is 0.250 e. The summed E-state index contributed by atoms with van der Waals surface area (Å²) in [7, 11) is -3.43.